The third-order valence-electron chi connectivity index (χ3n) is 8.39. The molecule has 0 radical (unpaired) electrons. The molecule has 4 atom stereocenters. The lowest BCUT2D eigenvalue weighted by Crippen LogP contribution is -2.48. The van der Waals surface area contributed by atoms with Gasteiger partial charge in [0.15, 0.2) is 0 Å². The number of fused-ring (bicyclic) bond motifs is 1. The minimum absolute atomic E-state index is 0.0185. The first-order valence-corrected chi connectivity index (χ1v) is 19.3. The zero-order chi connectivity index (χ0) is 35.9. The van der Waals surface area contributed by atoms with Crippen LogP contribution in [0.15, 0.2) is 76.5 Å². The SMILES string of the molecule is C[C@@H]1CN([C@@H](C)CO)C(=O)c2cc(NS(=O)(=O)c3ccc(Cl)cc3)ccc2O[C@@H](C)CCCCO[C@H]1CN(C)S(=O)(=O)c1ccc(F)cc1. The molecule has 1 heterocycles. The van der Waals surface area contributed by atoms with Crippen LogP contribution in [0.4, 0.5) is 10.1 Å². The Kier molecular flexibility index (Phi) is 13.1. The maximum Gasteiger partial charge on any atom is 0.261 e. The van der Waals surface area contributed by atoms with Crippen molar-refractivity contribution < 1.29 is 40.6 Å². The van der Waals surface area contributed by atoms with Gasteiger partial charge >= 0.3 is 0 Å². The number of hydrogen-bond donors (Lipinski definition) is 2. The van der Waals surface area contributed by atoms with Gasteiger partial charge in [0.05, 0.1) is 40.2 Å². The molecule has 49 heavy (non-hydrogen) atoms. The summed E-state index contributed by atoms with van der Waals surface area (Å²) in [6.07, 6.45) is 1.05. The Morgan fingerprint density at radius 2 is 1.67 bits per heavy atom. The van der Waals surface area contributed by atoms with Gasteiger partial charge in [-0.15, -0.1) is 0 Å². The van der Waals surface area contributed by atoms with Crippen molar-refractivity contribution in [3.05, 3.63) is 83.1 Å². The second-order valence-electron chi connectivity index (χ2n) is 12.3. The average Bonchev–Trinajstić information content (AvgIpc) is 3.06. The summed E-state index contributed by atoms with van der Waals surface area (Å²) in [6.45, 7) is 5.34. The molecule has 268 valence electrons. The average molecular weight is 740 g/mol. The molecule has 0 spiro atoms. The largest absolute Gasteiger partial charge is 0.490 e. The van der Waals surface area contributed by atoms with Crippen LogP contribution in [0.3, 0.4) is 0 Å². The zero-order valence-electron chi connectivity index (χ0n) is 27.9. The summed E-state index contributed by atoms with van der Waals surface area (Å²) in [6, 6.07) is 14.0. The van der Waals surface area contributed by atoms with Crippen LogP contribution >= 0.6 is 11.6 Å². The Hall–Kier alpha value is -3.27. The van der Waals surface area contributed by atoms with Crippen LogP contribution in [0.2, 0.25) is 5.02 Å². The Morgan fingerprint density at radius 1 is 1.02 bits per heavy atom. The number of nitrogens with one attached hydrogen (secondary N) is 1. The summed E-state index contributed by atoms with van der Waals surface area (Å²) in [4.78, 5) is 15.7. The van der Waals surface area contributed by atoms with Gasteiger partial charge in [-0.05, 0) is 99.8 Å². The Morgan fingerprint density at radius 3 is 2.33 bits per heavy atom. The number of halogens is 2. The van der Waals surface area contributed by atoms with Crippen molar-refractivity contribution in [3.8, 4) is 5.75 Å². The predicted molar refractivity (Wildman–Crippen MR) is 185 cm³/mol. The van der Waals surface area contributed by atoms with Crippen LogP contribution in [0.1, 0.15) is 50.4 Å². The molecule has 0 saturated heterocycles. The number of likely N-dealkylation sites (N-methyl/N-ethyl adjacent to an activating group) is 1. The molecular weight excluding hydrogens is 697 g/mol. The molecule has 0 bridgehead atoms. The number of hydrogen-bond acceptors (Lipinski definition) is 8. The van der Waals surface area contributed by atoms with Gasteiger partial charge in [-0.25, -0.2) is 21.2 Å². The van der Waals surface area contributed by atoms with Crippen LogP contribution in [0.25, 0.3) is 0 Å². The molecule has 0 unspecified atom stereocenters. The van der Waals surface area contributed by atoms with Crippen molar-refractivity contribution in [2.75, 3.05) is 38.1 Å². The van der Waals surface area contributed by atoms with Crippen LogP contribution in [0.5, 0.6) is 5.75 Å². The fourth-order valence-corrected chi connectivity index (χ4v) is 7.77. The summed E-state index contributed by atoms with van der Waals surface area (Å²) in [7, 11) is -6.60. The topological polar surface area (TPSA) is 143 Å². The van der Waals surface area contributed by atoms with E-state index in [0.717, 1.165) is 22.9 Å². The first kappa shape index (κ1) is 38.5. The Labute approximate surface area is 293 Å². The second kappa shape index (κ2) is 16.6. The summed E-state index contributed by atoms with van der Waals surface area (Å²) >= 11 is 5.93. The van der Waals surface area contributed by atoms with Gasteiger partial charge in [0.25, 0.3) is 15.9 Å². The van der Waals surface area contributed by atoms with E-state index in [-0.39, 0.29) is 52.6 Å². The minimum atomic E-state index is -4.03. The number of carbonyl (C=O) groups is 1. The summed E-state index contributed by atoms with van der Waals surface area (Å²) in [5.74, 6) is -1.25. The molecule has 2 N–H and O–H groups in total. The quantitative estimate of drug-likeness (QED) is 0.297. The van der Waals surface area contributed by atoms with Crippen LogP contribution in [-0.4, -0.2) is 88.7 Å². The molecule has 1 aliphatic heterocycles. The Bertz CT molecular complexity index is 1790. The molecule has 0 fully saturated rings. The number of amides is 1. The monoisotopic (exact) mass is 739 g/mol. The summed E-state index contributed by atoms with van der Waals surface area (Å²) in [5.41, 5.74) is 0.207. The normalized spacial score (nSPS) is 20.6. The maximum atomic E-state index is 14.4. The molecular formula is C34H43ClFN3O8S2. The van der Waals surface area contributed by atoms with Gasteiger partial charge < -0.3 is 19.5 Å². The van der Waals surface area contributed by atoms with E-state index in [4.69, 9.17) is 21.1 Å². The molecule has 1 amide bonds. The lowest BCUT2D eigenvalue weighted by molar-refractivity contribution is -0.00834. The fraction of sp³-hybridized carbons (Fsp3) is 0.441. The van der Waals surface area contributed by atoms with E-state index < -0.39 is 49.8 Å². The number of carbonyl (C=O) groups excluding carboxylic acids is 1. The van der Waals surface area contributed by atoms with Gasteiger partial charge in [0.1, 0.15) is 11.6 Å². The van der Waals surface area contributed by atoms with E-state index >= 15 is 0 Å². The van der Waals surface area contributed by atoms with Crippen LogP contribution in [0, 0.1) is 11.7 Å². The van der Waals surface area contributed by atoms with Crippen molar-refractivity contribution in [3.63, 3.8) is 0 Å². The van der Waals surface area contributed by atoms with Gasteiger partial charge in [-0.3, -0.25) is 9.52 Å². The predicted octanol–water partition coefficient (Wildman–Crippen LogP) is 5.40. The molecule has 1 aliphatic rings. The van der Waals surface area contributed by atoms with Gasteiger partial charge in [-0.2, -0.15) is 4.31 Å². The van der Waals surface area contributed by atoms with E-state index in [1.807, 2.05) is 13.8 Å². The van der Waals surface area contributed by atoms with Gasteiger partial charge in [0, 0.05) is 43.4 Å². The lowest BCUT2D eigenvalue weighted by atomic mass is 10.0. The van der Waals surface area contributed by atoms with Crippen molar-refractivity contribution in [2.24, 2.45) is 5.92 Å². The highest BCUT2D eigenvalue weighted by Gasteiger charge is 2.32. The molecule has 0 saturated carbocycles. The molecule has 0 aromatic heterocycles. The highest BCUT2D eigenvalue weighted by Crippen LogP contribution is 2.30. The minimum Gasteiger partial charge on any atom is -0.490 e. The Balaban J connectivity index is 1.67. The highest BCUT2D eigenvalue weighted by molar-refractivity contribution is 7.92. The number of nitrogens with zero attached hydrogens (tertiary/aromatic N) is 2. The van der Waals surface area contributed by atoms with Gasteiger partial charge in [-0.1, -0.05) is 18.5 Å². The molecule has 0 aliphatic carbocycles. The number of rotatable bonds is 9. The first-order chi connectivity index (χ1) is 23.1. The number of benzene rings is 3. The molecule has 15 heteroatoms. The van der Waals surface area contributed by atoms with E-state index in [0.29, 0.717) is 24.5 Å². The number of aliphatic hydroxyl groups excluding tert-OH is 1. The van der Waals surface area contributed by atoms with Crippen molar-refractivity contribution in [1.29, 1.82) is 0 Å². The smallest absolute Gasteiger partial charge is 0.261 e. The third-order valence-corrected chi connectivity index (χ3v) is 11.9. The number of sulfonamides is 2. The summed E-state index contributed by atoms with van der Waals surface area (Å²) < 4.78 is 82.7. The van der Waals surface area contributed by atoms with Crippen LogP contribution in [-0.2, 0) is 24.8 Å². The van der Waals surface area contributed by atoms with E-state index in [1.165, 1.54) is 60.5 Å². The molecule has 11 nitrogen and oxygen atoms in total. The number of aliphatic hydroxyl groups is 1. The number of anilines is 1. The van der Waals surface area contributed by atoms with Gasteiger partial charge in [0.2, 0.25) is 10.0 Å². The standard InChI is InChI=1S/C34H43ClFN3O8S2/c1-23-20-39(24(2)22-40)34(41)31-19-28(37-48(42,43)29-13-8-26(35)9-14-29)12-17-32(31)47-25(3)7-5-6-18-46-33(23)21-38(4)49(44,45)30-15-10-27(36)11-16-30/h8-17,19,23-25,33,37,40H,5-7,18,20-22H2,1-4H3/t23-,24+,25+,33+/m1/s1. The maximum absolute atomic E-state index is 14.4. The molecule has 4 rings (SSSR count). The van der Waals surface area contributed by atoms with Crippen molar-refractivity contribution >= 4 is 43.2 Å². The first-order valence-electron chi connectivity index (χ1n) is 16.0. The fourth-order valence-electron chi connectivity index (χ4n) is 5.41. The van der Waals surface area contributed by atoms with E-state index in [9.17, 15) is 31.1 Å². The van der Waals surface area contributed by atoms with Crippen LogP contribution < -0.4 is 9.46 Å². The zero-order valence-corrected chi connectivity index (χ0v) is 30.3. The van der Waals surface area contributed by atoms with E-state index in [1.54, 1.807) is 13.0 Å². The van der Waals surface area contributed by atoms with Crippen molar-refractivity contribution in [2.45, 2.75) is 68.1 Å². The lowest BCUT2D eigenvalue weighted by Gasteiger charge is -2.35. The number of ether oxygens (including phenoxy) is 2. The highest BCUT2D eigenvalue weighted by atomic mass is 35.5. The molecule has 3 aromatic rings. The second-order valence-corrected chi connectivity index (χ2v) is 16.5. The summed E-state index contributed by atoms with van der Waals surface area (Å²) in [5, 5.41) is 10.6. The molecule has 3 aromatic carbocycles. The third kappa shape index (κ3) is 9.92. The van der Waals surface area contributed by atoms with Crippen molar-refractivity contribution in [1.82, 2.24) is 9.21 Å². The van der Waals surface area contributed by atoms with E-state index in [2.05, 4.69) is 4.72 Å².